The van der Waals surface area contributed by atoms with Gasteiger partial charge in [0.05, 0.1) is 18.8 Å². The van der Waals surface area contributed by atoms with E-state index in [1.165, 1.54) is 0 Å². The molecular weight excluding hydrogens is 264 g/mol. The fraction of sp³-hybridized carbons (Fsp3) is 0.500. The van der Waals surface area contributed by atoms with Crippen LogP contribution in [-0.2, 0) is 9.53 Å². The average molecular weight is 282 g/mol. The first-order valence-electron chi connectivity index (χ1n) is 6.44. The van der Waals surface area contributed by atoms with E-state index in [4.69, 9.17) is 14.6 Å². The number of benzene rings is 1. The van der Waals surface area contributed by atoms with E-state index in [0.29, 0.717) is 17.6 Å². The first-order valence-corrected chi connectivity index (χ1v) is 6.44. The van der Waals surface area contributed by atoms with Crippen LogP contribution in [0.15, 0.2) is 24.3 Å². The molecular formula is C14H18O6. The van der Waals surface area contributed by atoms with Gasteiger partial charge in [-0.3, -0.25) is 4.79 Å². The Morgan fingerprint density at radius 1 is 1.40 bits per heavy atom. The van der Waals surface area contributed by atoms with Crippen LogP contribution in [0.25, 0.3) is 0 Å². The molecule has 0 aliphatic carbocycles. The lowest BCUT2D eigenvalue weighted by molar-refractivity contribution is -0.179. The minimum Gasteiger partial charge on any atom is -0.486 e. The molecule has 20 heavy (non-hydrogen) atoms. The first-order chi connectivity index (χ1) is 9.65. The van der Waals surface area contributed by atoms with Gasteiger partial charge in [0.2, 0.25) is 0 Å². The maximum atomic E-state index is 10.3. The maximum Gasteiger partial charge on any atom is 0.157 e. The van der Waals surface area contributed by atoms with Gasteiger partial charge in [0.1, 0.15) is 24.6 Å². The summed E-state index contributed by atoms with van der Waals surface area (Å²) in [5, 5.41) is 29.0. The molecule has 1 saturated heterocycles. The van der Waals surface area contributed by atoms with E-state index in [-0.39, 0.29) is 19.6 Å². The zero-order valence-corrected chi connectivity index (χ0v) is 10.9. The van der Waals surface area contributed by atoms with E-state index in [0.717, 1.165) is 0 Å². The smallest absolute Gasteiger partial charge is 0.157 e. The Labute approximate surface area is 116 Å². The van der Waals surface area contributed by atoms with E-state index in [2.05, 4.69) is 0 Å². The summed E-state index contributed by atoms with van der Waals surface area (Å²) in [5.74, 6) is 0.478. The summed E-state index contributed by atoms with van der Waals surface area (Å²) in [6.07, 6.45) is -2.45. The molecule has 0 amide bonds. The molecule has 2 rings (SSSR count). The van der Waals surface area contributed by atoms with E-state index in [1.807, 2.05) is 0 Å². The summed E-state index contributed by atoms with van der Waals surface area (Å²) < 4.78 is 10.8. The number of hydrogen-bond acceptors (Lipinski definition) is 6. The van der Waals surface area contributed by atoms with Crippen molar-refractivity contribution in [3.05, 3.63) is 29.8 Å². The number of rotatable bonds is 5. The monoisotopic (exact) mass is 282 g/mol. The second-order valence-corrected chi connectivity index (χ2v) is 4.71. The third kappa shape index (κ3) is 3.34. The second kappa shape index (κ2) is 6.81. The standard InChI is InChI=1S/C14H18O6/c15-4-5-19-10-3-1-2-9(6-10)14-13(18)12(17)7-11(8-16)20-14/h1-4,6,11-14,16-18H,5,7-8H2/t11?,12?,13?,14-/m1/s1. The van der Waals surface area contributed by atoms with Crippen molar-refractivity contribution in [1.29, 1.82) is 0 Å². The summed E-state index contributed by atoms with van der Waals surface area (Å²) in [5.41, 5.74) is 0.623. The molecule has 1 aromatic carbocycles. The van der Waals surface area contributed by atoms with Crippen molar-refractivity contribution in [2.45, 2.75) is 30.8 Å². The molecule has 1 heterocycles. The SMILES string of the molecule is O=CCOc1cccc([C@H]2OC(CO)CC(O)C2O)c1. The maximum absolute atomic E-state index is 10.3. The fourth-order valence-corrected chi connectivity index (χ4v) is 2.26. The van der Waals surface area contributed by atoms with Crippen LogP contribution in [0.4, 0.5) is 0 Å². The molecule has 6 nitrogen and oxygen atoms in total. The van der Waals surface area contributed by atoms with Gasteiger partial charge >= 0.3 is 0 Å². The molecule has 4 atom stereocenters. The molecule has 110 valence electrons. The van der Waals surface area contributed by atoms with Gasteiger partial charge in [0.25, 0.3) is 0 Å². The van der Waals surface area contributed by atoms with Crippen molar-refractivity contribution in [1.82, 2.24) is 0 Å². The lowest BCUT2D eigenvalue weighted by Crippen LogP contribution is -2.44. The summed E-state index contributed by atoms with van der Waals surface area (Å²) in [6.45, 7) is -0.277. The molecule has 1 fully saturated rings. The van der Waals surface area contributed by atoms with Crippen molar-refractivity contribution in [2.75, 3.05) is 13.2 Å². The summed E-state index contributed by atoms with van der Waals surface area (Å²) >= 11 is 0. The van der Waals surface area contributed by atoms with Crippen LogP contribution >= 0.6 is 0 Å². The van der Waals surface area contributed by atoms with Gasteiger partial charge in [-0.2, -0.15) is 0 Å². The molecule has 3 unspecified atom stereocenters. The Bertz CT molecular complexity index is 449. The second-order valence-electron chi connectivity index (χ2n) is 4.71. The van der Waals surface area contributed by atoms with E-state index < -0.39 is 24.4 Å². The number of carbonyl (C=O) groups excluding carboxylic acids is 1. The van der Waals surface area contributed by atoms with Gasteiger partial charge < -0.3 is 24.8 Å². The molecule has 0 radical (unpaired) electrons. The van der Waals surface area contributed by atoms with E-state index >= 15 is 0 Å². The van der Waals surface area contributed by atoms with E-state index in [9.17, 15) is 15.0 Å². The quantitative estimate of drug-likeness (QED) is 0.648. The zero-order chi connectivity index (χ0) is 14.5. The van der Waals surface area contributed by atoms with Crippen LogP contribution in [-0.4, -0.2) is 53.1 Å². The molecule has 3 N–H and O–H groups in total. The van der Waals surface area contributed by atoms with Crippen LogP contribution in [0, 0.1) is 0 Å². The Hall–Kier alpha value is -1.47. The largest absolute Gasteiger partial charge is 0.486 e. The van der Waals surface area contributed by atoms with Crippen molar-refractivity contribution in [3.8, 4) is 5.75 Å². The Morgan fingerprint density at radius 2 is 2.20 bits per heavy atom. The average Bonchev–Trinajstić information content (AvgIpc) is 2.48. The van der Waals surface area contributed by atoms with Gasteiger partial charge in [-0.25, -0.2) is 0 Å². The van der Waals surface area contributed by atoms with Crippen LogP contribution in [0.2, 0.25) is 0 Å². The Balaban J connectivity index is 2.17. The predicted molar refractivity (Wildman–Crippen MR) is 69.3 cm³/mol. The minimum atomic E-state index is -1.07. The van der Waals surface area contributed by atoms with Crippen molar-refractivity contribution in [2.24, 2.45) is 0 Å². The topological polar surface area (TPSA) is 96.2 Å². The highest BCUT2D eigenvalue weighted by atomic mass is 16.5. The van der Waals surface area contributed by atoms with Crippen molar-refractivity contribution < 1.29 is 29.6 Å². The molecule has 0 spiro atoms. The van der Waals surface area contributed by atoms with Crippen LogP contribution in [0.3, 0.4) is 0 Å². The van der Waals surface area contributed by atoms with Gasteiger partial charge in [-0.05, 0) is 17.7 Å². The molecule has 0 aromatic heterocycles. The lowest BCUT2D eigenvalue weighted by Gasteiger charge is -2.36. The number of aliphatic hydroxyl groups is 3. The summed E-state index contributed by atoms with van der Waals surface area (Å²) in [4.78, 5) is 10.3. The number of carbonyl (C=O) groups is 1. The van der Waals surface area contributed by atoms with Gasteiger partial charge in [0.15, 0.2) is 6.29 Å². The van der Waals surface area contributed by atoms with Crippen molar-refractivity contribution in [3.63, 3.8) is 0 Å². The lowest BCUT2D eigenvalue weighted by atomic mass is 9.93. The van der Waals surface area contributed by atoms with Crippen LogP contribution < -0.4 is 4.74 Å². The summed E-state index contributed by atoms with van der Waals surface area (Å²) in [7, 11) is 0. The highest BCUT2D eigenvalue weighted by Gasteiger charge is 2.37. The minimum absolute atomic E-state index is 0.0561. The summed E-state index contributed by atoms with van der Waals surface area (Å²) in [6, 6.07) is 6.76. The molecule has 0 bridgehead atoms. The van der Waals surface area contributed by atoms with Crippen LogP contribution in [0.5, 0.6) is 5.75 Å². The van der Waals surface area contributed by atoms with Crippen LogP contribution in [0.1, 0.15) is 18.1 Å². The molecule has 6 heteroatoms. The molecule has 1 aromatic rings. The number of aldehydes is 1. The number of aliphatic hydroxyl groups excluding tert-OH is 3. The van der Waals surface area contributed by atoms with Gasteiger partial charge in [-0.15, -0.1) is 0 Å². The Kier molecular flexibility index (Phi) is 5.08. The fourth-order valence-electron chi connectivity index (χ4n) is 2.26. The third-order valence-corrected chi connectivity index (χ3v) is 3.26. The zero-order valence-electron chi connectivity index (χ0n) is 10.9. The first kappa shape index (κ1) is 14.9. The normalized spacial score (nSPS) is 29.9. The number of ether oxygens (including phenoxy) is 2. The van der Waals surface area contributed by atoms with Gasteiger partial charge in [-0.1, -0.05) is 12.1 Å². The molecule has 1 aliphatic heterocycles. The molecule has 0 saturated carbocycles. The van der Waals surface area contributed by atoms with Crippen molar-refractivity contribution >= 4 is 6.29 Å². The Morgan fingerprint density at radius 3 is 2.90 bits per heavy atom. The predicted octanol–water partition coefficient (Wildman–Crippen LogP) is -0.192. The highest BCUT2D eigenvalue weighted by molar-refractivity contribution is 5.51. The number of hydrogen-bond donors (Lipinski definition) is 3. The molecule has 1 aliphatic rings. The van der Waals surface area contributed by atoms with Gasteiger partial charge in [0, 0.05) is 6.42 Å². The highest BCUT2D eigenvalue weighted by Crippen LogP contribution is 2.33. The third-order valence-electron chi connectivity index (χ3n) is 3.26. The van der Waals surface area contributed by atoms with E-state index in [1.54, 1.807) is 24.3 Å².